The molecule has 1 aliphatic heterocycles. The lowest BCUT2D eigenvalue weighted by Crippen LogP contribution is -2.44. The van der Waals surface area contributed by atoms with E-state index in [-0.39, 0.29) is 28.9 Å². The molecule has 3 rings (SSSR count). The van der Waals surface area contributed by atoms with E-state index >= 15 is 0 Å². The Balaban J connectivity index is 1.92. The van der Waals surface area contributed by atoms with Crippen LogP contribution in [0.3, 0.4) is 0 Å². The molecule has 1 aliphatic rings. The summed E-state index contributed by atoms with van der Waals surface area (Å²) >= 11 is 7.57. The van der Waals surface area contributed by atoms with Crippen molar-refractivity contribution in [2.75, 3.05) is 16.9 Å². The standard InChI is InChI=1S/C18H18ClF3N4O2S/c1-3-16(27)25-9-29-8-14(25)17(28)23-15-6-10(2)24-26(15)13-7-11(18(20,21)22)4-5-12(13)19/h4-7,14H,3,8-9H2,1-2H3,(H,23,28). The molecule has 1 saturated heterocycles. The lowest BCUT2D eigenvalue weighted by molar-refractivity contribution is -0.137. The summed E-state index contributed by atoms with van der Waals surface area (Å²) in [5.41, 5.74) is -0.405. The fourth-order valence-corrected chi connectivity index (χ4v) is 4.32. The lowest BCUT2D eigenvalue weighted by Gasteiger charge is -2.22. The maximum atomic E-state index is 13.1. The van der Waals surface area contributed by atoms with Crippen molar-refractivity contribution >= 4 is 41.0 Å². The van der Waals surface area contributed by atoms with Gasteiger partial charge in [-0.2, -0.15) is 18.3 Å². The van der Waals surface area contributed by atoms with E-state index in [2.05, 4.69) is 10.4 Å². The molecule has 11 heteroatoms. The van der Waals surface area contributed by atoms with E-state index in [9.17, 15) is 22.8 Å². The zero-order valence-corrected chi connectivity index (χ0v) is 17.2. The molecule has 1 atom stereocenters. The number of benzene rings is 1. The third-order valence-corrected chi connectivity index (χ3v) is 5.72. The Morgan fingerprint density at radius 1 is 1.34 bits per heavy atom. The van der Waals surface area contributed by atoms with E-state index in [0.717, 1.165) is 18.2 Å². The van der Waals surface area contributed by atoms with Crippen LogP contribution >= 0.6 is 23.4 Å². The summed E-state index contributed by atoms with van der Waals surface area (Å²) in [6, 6.07) is 3.76. The van der Waals surface area contributed by atoms with Crippen LogP contribution in [0.5, 0.6) is 0 Å². The van der Waals surface area contributed by atoms with Crippen LogP contribution in [-0.2, 0) is 15.8 Å². The van der Waals surface area contributed by atoms with Crippen molar-refractivity contribution in [2.45, 2.75) is 32.5 Å². The summed E-state index contributed by atoms with van der Waals surface area (Å²) in [7, 11) is 0. The first-order valence-corrected chi connectivity index (χ1v) is 10.3. The Morgan fingerprint density at radius 2 is 2.07 bits per heavy atom. The number of carbonyl (C=O) groups excluding carboxylic acids is 2. The molecule has 0 aliphatic carbocycles. The number of carbonyl (C=O) groups is 2. The number of nitrogens with zero attached hydrogens (tertiary/aromatic N) is 3. The molecule has 2 heterocycles. The number of halogens is 4. The number of rotatable bonds is 4. The minimum atomic E-state index is -4.55. The van der Waals surface area contributed by atoms with E-state index in [0.29, 0.717) is 17.3 Å². The molecule has 2 amide bonds. The van der Waals surface area contributed by atoms with Crippen LogP contribution in [0.1, 0.15) is 24.6 Å². The van der Waals surface area contributed by atoms with Gasteiger partial charge in [0.1, 0.15) is 11.9 Å². The minimum absolute atomic E-state index is 0.00724. The first-order chi connectivity index (χ1) is 13.6. The molecule has 1 fully saturated rings. The SMILES string of the molecule is CCC(=O)N1CSCC1C(=O)Nc1cc(C)nn1-c1cc(C(F)(F)F)ccc1Cl. The molecule has 0 saturated carbocycles. The van der Waals surface area contributed by atoms with Gasteiger partial charge in [-0.05, 0) is 25.1 Å². The maximum absolute atomic E-state index is 13.1. The van der Waals surface area contributed by atoms with Crippen molar-refractivity contribution in [3.05, 3.63) is 40.5 Å². The fraction of sp³-hybridized carbons (Fsp3) is 0.389. The highest BCUT2D eigenvalue weighted by molar-refractivity contribution is 7.99. The molecule has 0 radical (unpaired) electrons. The predicted molar refractivity (Wildman–Crippen MR) is 105 cm³/mol. The normalized spacial score (nSPS) is 16.9. The largest absolute Gasteiger partial charge is 0.416 e. The lowest BCUT2D eigenvalue weighted by atomic mass is 10.2. The van der Waals surface area contributed by atoms with Gasteiger partial charge in [0.15, 0.2) is 0 Å². The third-order valence-electron chi connectivity index (χ3n) is 4.39. The van der Waals surface area contributed by atoms with Crippen LogP contribution in [0, 0.1) is 6.92 Å². The molecule has 6 nitrogen and oxygen atoms in total. The fourth-order valence-electron chi connectivity index (χ4n) is 2.94. The van der Waals surface area contributed by atoms with Gasteiger partial charge < -0.3 is 10.2 Å². The number of thioether (sulfide) groups is 1. The average Bonchev–Trinajstić information content (AvgIpc) is 3.27. The van der Waals surface area contributed by atoms with E-state index in [1.165, 1.54) is 27.4 Å². The monoisotopic (exact) mass is 446 g/mol. The molecular weight excluding hydrogens is 429 g/mol. The number of aromatic nitrogens is 2. The van der Waals surface area contributed by atoms with Gasteiger partial charge in [0, 0.05) is 18.2 Å². The van der Waals surface area contributed by atoms with Crippen molar-refractivity contribution < 1.29 is 22.8 Å². The molecule has 1 unspecified atom stereocenters. The zero-order chi connectivity index (χ0) is 21.3. The number of nitrogens with one attached hydrogen (secondary N) is 1. The second-order valence-corrected chi connectivity index (χ2v) is 7.88. The molecular formula is C18H18ClF3N4O2S. The van der Waals surface area contributed by atoms with Crippen LogP contribution in [0.15, 0.2) is 24.3 Å². The first kappa shape index (κ1) is 21.5. The summed E-state index contributed by atoms with van der Waals surface area (Å²) in [6.45, 7) is 3.36. The van der Waals surface area contributed by atoms with Crippen molar-refractivity contribution in [1.29, 1.82) is 0 Å². The summed E-state index contributed by atoms with van der Waals surface area (Å²) in [5, 5.41) is 6.91. The summed E-state index contributed by atoms with van der Waals surface area (Å²) in [5.74, 6) is 0.466. The molecule has 156 valence electrons. The molecule has 29 heavy (non-hydrogen) atoms. The number of anilines is 1. The van der Waals surface area contributed by atoms with Crippen LogP contribution in [-0.4, -0.2) is 44.2 Å². The van der Waals surface area contributed by atoms with Gasteiger partial charge in [-0.3, -0.25) is 9.59 Å². The van der Waals surface area contributed by atoms with Crippen LogP contribution in [0.4, 0.5) is 19.0 Å². The maximum Gasteiger partial charge on any atom is 0.416 e. The Labute approximate surface area is 174 Å². The quantitative estimate of drug-likeness (QED) is 0.767. The Morgan fingerprint density at radius 3 is 2.72 bits per heavy atom. The van der Waals surface area contributed by atoms with E-state index in [4.69, 9.17) is 11.6 Å². The second kappa shape index (κ2) is 8.27. The Bertz CT molecular complexity index is 948. The van der Waals surface area contributed by atoms with Gasteiger partial charge in [-0.15, -0.1) is 11.8 Å². The van der Waals surface area contributed by atoms with Crippen LogP contribution in [0.2, 0.25) is 5.02 Å². The number of hydrogen-bond acceptors (Lipinski definition) is 4. The van der Waals surface area contributed by atoms with Crippen LogP contribution < -0.4 is 5.32 Å². The van der Waals surface area contributed by atoms with Crippen molar-refractivity contribution in [1.82, 2.24) is 14.7 Å². The summed E-state index contributed by atoms with van der Waals surface area (Å²) < 4.78 is 40.5. The van der Waals surface area contributed by atoms with Gasteiger partial charge >= 0.3 is 6.18 Å². The smallest absolute Gasteiger partial charge is 0.321 e. The topological polar surface area (TPSA) is 67.2 Å². The van der Waals surface area contributed by atoms with E-state index in [1.807, 2.05) is 0 Å². The molecule has 2 aromatic rings. The summed E-state index contributed by atoms with van der Waals surface area (Å²) in [6.07, 6.45) is -4.27. The zero-order valence-electron chi connectivity index (χ0n) is 15.6. The van der Waals surface area contributed by atoms with E-state index in [1.54, 1.807) is 13.8 Å². The van der Waals surface area contributed by atoms with Crippen molar-refractivity contribution in [3.8, 4) is 5.69 Å². The van der Waals surface area contributed by atoms with Gasteiger partial charge in [0.25, 0.3) is 0 Å². The van der Waals surface area contributed by atoms with Gasteiger partial charge in [-0.25, -0.2) is 4.68 Å². The van der Waals surface area contributed by atoms with Gasteiger partial charge in [-0.1, -0.05) is 18.5 Å². The molecule has 1 aromatic heterocycles. The van der Waals surface area contributed by atoms with Crippen molar-refractivity contribution in [3.63, 3.8) is 0 Å². The molecule has 1 N–H and O–H groups in total. The molecule has 0 spiro atoms. The second-order valence-electron chi connectivity index (χ2n) is 6.47. The van der Waals surface area contributed by atoms with E-state index < -0.39 is 23.7 Å². The minimum Gasteiger partial charge on any atom is -0.321 e. The highest BCUT2D eigenvalue weighted by atomic mass is 35.5. The van der Waals surface area contributed by atoms with Crippen molar-refractivity contribution in [2.24, 2.45) is 0 Å². The van der Waals surface area contributed by atoms with Gasteiger partial charge in [0.05, 0.1) is 27.8 Å². The Kier molecular flexibility index (Phi) is 6.13. The molecule has 0 bridgehead atoms. The Hall–Kier alpha value is -2.20. The number of alkyl halides is 3. The average molecular weight is 447 g/mol. The highest BCUT2D eigenvalue weighted by Crippen LogP contribution is 2.34. The highest BCUT2D eigenvalue weighted by Gasteiger charge is 2.35. The third kappa shape index (κ3) is 4.53. The predicted octanol–water partition coefficient (Wildman–Crippen LogP) is 4.10. The summed E-state index contributed by atoms with van der Waals surface area (Å²) in [4.78, 5) is 26.3. The number of amides is 2. The van der Waals surface area contributed by atoms with Crippen LogP contribution in [0.25, 0.3) is 5.69 Å². The number of aryl methyl sites for hydroxylation is 1. The number of hydrogen-bond donors (Lipinski definition) is 1. The van der Waals surface area contributed by atoms with Gasteiger partial charge in [0.2, 0.25) is 11.8 Å². The molecule has 1 aromatic carbocycles. The first-order valence-electron chi connectivity index (χ1n) is 8.73.